The number of thiazole rings is 1. The summed E-state index contributed by atoms with van der Waals surface area (Å²) in [5.74, 6) is -0.324. The number of amides is 1. The summed E-state index contributed by atoms with van der Waals surface area (Å²) in [5.41, 5.74) is 4.57. The van der Waals surface area contributed by atoms with E-state index in [9.17, 15) is 13.2 Å². The van der Waals surface area contributed by atoms with Gasteiger partial charge in [0.2, 0.25) is 0 Å². The van der Waals surface area contributed by atoms with Gasteiger partial charge in [-0.1, -0.05) is 29.8 Å². The lowest BCUT2D eigenvalue weighted by Gasteiger charge is -2.12. The summed E-state index contributed by atoms with van der Waals surface area (Å²) in [5, 5.41) is 4.81. The third-order valence-electron chi connectivity index (χ3n) is 5.29. The molecule has 0 aliphatic heterocycles. The Balaban J connectivity index is 1.36. The van der Waals surface area contributed by atoms with Crippen LogP contribution in [-0.4, -0.2) is 23.9 Å². The largest absolute Gasteiger partial charge is 0.463 e. The topological polar surface area (TPSA) is 106 Å². The number of anilines is 2. The Morgan fingerprint density at radius 1 is 1.09 bits per heavy atom. The molecule has 0 aliphatic rings. The molecule has 0 saturated carbocycles. The second kappa shape index (κ2) is 8.81. The van der Waals surface area contributed by atoms with E-state index in [4.69, 9.17) is 4.42 Å². The fourth-order valence-corrected chi connectivity index (χ4v) is 5.36. The minimum Gasteiger partial charge on any atom is -0.463 e. The Morgan fingerprint density at radius 2 is 1.85 bits per heavy atom. The summed E-state index contributed by atoms with van der Waals surface area (Å²) < 4.78 is 34.9. The van der Waals surface area contributed by atoms with Crippen molar-refractivity contribution in [1.82, 2.24) is 9.55 Å². The lowest BCUT2D eigenvalue weighted by Crippen LogP contribution is -2.18. The molecular formula is C24H20N4O4S2. The molecule has 0 saturated heterocycles. The maximum absolute atomic E-state index is 13.1. The number of benzene rings is 2. The fourth-order valence-electron chi connectivity index (χ4n) is 3.57. The van der Waals surface area contributed by atoms with Crippen molar-refractivity contribution >= 4 is 49.2 Å². The molecule has 172 valence electrons. The van der Waals surface area contributed by atoms with Crippen molar-refractivity contribution in [2.24, 2.45) is 0 Å². The summed E-state index contributed by atoms with van der Waals surface area (Å²) in [7, 11) is -3.77. The van der Waals surface area contributed by atoms with Gasteiger partial charge in [-0.3, -0.25) is 9.52 Å². The van der Waals surface area contributed by atoms with E-state index in [-0.39, 0.29) is 15.9 Å². The molecule has 2 aromatic carbocycles. The number of hydrogen-bond acceptors (Lipinski definition) is 6. The minimum atomic E-state index is -3.77. The van der Waals surface area contributed by atoms with Crippen molar-refractivity contribution in [2.45, 2.75) is 18.4 Å². The number of aryl methyl sites for hydroxylation is 1. The average molecular weight is 493 g/mol. The van der Waals surface area contributed by atoms with Gasteiger partial charge in [0.25, 0.3) is 15.9 Å². The zero-order valence-corrected chi connectivity index (χ0v) is 19.7. The molecule has 3 heterocycles. The van der Waals surface area contributed by atoms with E-state index >= 15 is 0 Å². The Morgan fingerprint density at radius 3 is 2.56 bits per heavy atom. The van der Waals surface area contributed by atoms with Gasteiger partial charge in [0, 0.05) is 35.9 Å². The van der Waals surface area contributed by atoms with Crippen LogP contribution in [-0.2, 0) is 16.6 Å². The van der Waals surface area contributed by atoms with E-state index in [1.54, 1.807) is 29.8 Å². The zero-order chi connectivity index (χ0) is 23.7. The SMILES string of the molecule is Cc1ccc(Cn2c(C(=O)Nc3ccc(S(=O)(=O)Nc4nccs4)cc3)cc3occc32)cc1. The Kier molecular flexibility index (Phi) is 5.68. The highest BCUT2D eigenvalue weighted by molar-refractivity contribution is 7.93. The van der Waals surface area contributed by atoms with E-state index in [1.165, 1.54) is 29.7 Å². The molecule has 5 aromatic rings. The maximum Gasteiger partial charge on any atom is 0.272 e. The molecule has 5 rings (SSSR count). The molecule has 0 unspecified atom stereocenters. The zero-order valence-electron chi connectivity index (χ0n) is 18.1. The van der Waals surface area contributed by atoms with Gasteiger partial charge in [-0.05, 0) is 36.8 Å². The first-order valence-electron chi connectivity index (χ1n) is 10.3. The molecule has 0 bridgehead atoms. The summed E-state index contributed by atoms with van der Waals surface area (Å²) in [6, 6.07) is 17.6. The number of sulfonamides is 1. The Bertz CT molecular complexity index is 1550. The Hall–Kier alpha value is -3.89. The van der Waals surface area contributed by atoms with Gasteiger partial charge in [-0.2, -0.15) is 0 Å². The van der Waals surface area contributed by atoms with Crippen molar-refractivity contribution in [2.75, 3.05) is 10.0 Å². The molecule has 3 aromatic heterocycles. The second-order valence-electron chi connectivity index (χ2n) is 7.69. The highest BCUT2D eigenvalue weighted by Gasteiger charge is 2.19. The van der Waals surface area contributed by atoms with Crippen molar-refractivity contribution in [3.63, 3.8) is 0 Å². The lowest BCUT2D eigenvalue weighted by molar-refractivity contribution is 0.101. The van der Waals surface area contributed by atoms with Gasteiger partial charge in [0.05, 0.1) is 16.7 Å². The summed E-state index contributed by atoms with van der Waals surface area (Å²) in [4.78, 5) is 17.1. The smallest absolute Gasteiger partial charge is 0.272 e. The van der Waals surface area contributed by atoms with Gasteiger partial charge in [-0.25, -0.2) is 13.4 Å². The van der Waals surface area contributed by atoms with E-state index in [2.05, 4.69) is 15.0 Å². The third-order valence-corrected chi connectivity index (χ3v) is 7.47. The van der Waals surface area contributed by atoms with Crippen LogP contribution in [0, 0.1) is 6.92 Å². The van der Waals surface area contributed by atoms with E-state index < -0.39 is 10.0 Å². The molecular weight excluding hydrogens is 472 g/mol. The van der Waals surface area contributed by atoms with Gasteiger partial charge in [-0.15, -0.1) is 11.3 Å². The van der Waals surface area contributed by atoms with E-state index in [0.29, 0.717) is 23.5 Å². The number of hydrogen-bond donors (Lipinski definition) is 2. The van der Waals surface area contributed by atoms with Gasteiger partial charge in [0.15, 0.2) is 10.7 Å². The van der Waals surface area contributed by atoms with Crippen LogP contribution in [0.4, 0.5) is 10.8 Å². The number of nitrogens with one attached hydrogen (secondary N) is 2. The molecule has 2 N–H and O–H groups in total. The van der Waals surface area contributed by atoms with Crippen molar-refractivity contribution in [3.05, 3.63) is 95.3 Å². The number of fused-ring (bicyclic) bond motifs is 1. The molecule has 34 heavy (non-hydrogen) atoms. The van der Waals surface area contributed by atoms with Gasteiger partial charge < -0.3 is 14.3 Å². The molecule has 8 nitrogen and oxygen atoms in total. The average Bonchev–Trinajstić information content (AvgIpc) is 3.55. The summed E-state index contributed by atoms with van der Waals surface area (Å²) in [6.45, 7) is 2.53. The van der Waals surface area contributed by atoms with Crippen LogP contribution in [0.5, 0.6) is 0 Å². The van der Waals surface area contributed by atoms with E-state index in [1.807, 2.05) is 41.8 Å². The first kappa shape index (κ1) is 21.9. The second-order valence-corrected chi connectivity index (χ2v) is 10.3. The summed E-state index contributed by atoms with van der Waals surface area (Å²) in [6.07, 6.45) is 3.11. The van der Waals surface area contributed by atoms with Crippen molar-refractivity contribution < 1.29 is 17.6 Å². The quantitative estimate of drug-likeness (QED) is 0.329. The number of carbonyl (C=O) groups is 1. The third kappa shape index (κ3) is 4.45. The first-order valence-corrected chi connectivity index (χ1v) is 12.7. The number of aromatic nitrogens is 2. The predicted molar refractivity (Wildman–Crippen MR) is 132 cm³/mol. The van der Waals surface area contributed by atoms with Crippen LogP contribution in [0.2, 0.25) is 0 Å². The molecule has 1 amide bonds. The number of rotatable bonds is 7. The van der Waals surface area contributed by atoms with Crippen LogP contribution < -0.4 is 10.0 Å². The number of carbonyl (C=O) groups excluding carboxylic acids is 1. The molecule has 0 aliphatic carbocycles. The van der Waals surface area contributed by atoms with Crippen molar-refractivity contribution in [3.8, 4) is 0 Å². The van der Waals surface area contributed by atoms with Crippen LogP contribution in [0.3, 0.4) is 0 Å². The monoisotopic (exact) mass is 492 g/mol. The predicted octanol–water partition coefficient (Wildman–Crippen LogP) is 5.10. The first-order chi connectivity index (χ1) is 16.4. The maximum atomic E-state index is 13.1. The highest BCUT2D eigenvalue weighted by atomic mass is 32.2. The number of furan rings is 1. The van der Waals surface area contributed by atoms with Gasteiger partial charge >= 0.3 is 0 Å². The van der Waals surface area contributed by atoms with E-state index in [0.717, 1.165) is 16.6 Å². The molecule has 0 fully saturated rings. The molecule has 0 spiro atoms. The molecule has 0 atom stereocenters. The summed E-state index contributed by atoms with van der Waals surface area (Å²) >= 11 is 1.19. The minimum absolute atomic E-state index is 0.0703. The van der Waals surface area contributed by atoms with Crippen LogP contribution in [0.1, 0.15) is 21.6 Å². The highest BCUT2D eigenvalue weighted by Crippen LogP contribution is 2.24. The normalized spacial score (nSPS) is 11.6. The lowest BCUT2D eigenvalue weighted by atomic mass is 10.1. The number of nitrogens with zero attached hydrogens (tertiary/aromatic N) is 2. The van der Waals surface area contributed by atoms with Gasteiger partial charge in [0.1, 0.15) is 5.69 Å². The van der Waals surface area contributed by atoms with Crippen molar-refractivity contribution in [1.29, 1.82) is 0 Å². The van der Waals surface area contributed by atoms with Crippen LogP contribution in [0.15, 0.2) is 87.8 Å². The standard InChI is InChI=1S/C24H20N4O4S2/c1-16-2-4-17(5-3-16)15-28-20-10-12-32-22(20)14-21(28)23(29)26-18-6-8-19(9-7-18)34(30,31)27-24-25-11-13-33-24/h2-14H,15H2,1H3,(H,25,27)(H,26,29). The fraction of sp³-hybridized carbons (Fsp3) is 0.0833. The van der Waals surface area contributed by atoms with Crippen LogP contribution in [0.25, 0.3) is 11.1 Å². The molecule has 10 heteroatoms. The molecule has 0 radical (unpaired) electrons. The Labute approximate surface area is 199 Å². The van der Waals surface area contributed by atoms with Crippen LogP contribution >= 0.6 is 11.3 Å².